The third-order valence-corrected chi connectivity index (χ3v) is 2.67. The Kier molecular flexibility index (Phi) is 6.22. The van der Waals surface area contributed by atoms with Gasteiger partial charge in [-0.25, -0.2) is 4.79 Å². The fourth-order valence-corrected chi connectivity index (χ4v) is 1.63. The number of anilines is 1. The minimum Gasteiger partial charge on any atom is -0.478 e. The van der Waals surface area contributed by atoms with Gasteiger partial charge in [-0.2, -0.15) is 0 Å². The first-order valence-corrected chi connectivity index (χ1v) is 6.30. The maximum atomic E-state index is 10.9. The number of unbranched alkanes of at least 4 members (excludes halogenated alkanes) is 1. The highest BCUT2D eigenvalue weighted by Gasteiger charge is 2.06. The molecule has 0 unspecified atom stereocenters. The van der Waals surface area contributed by atoms with Crippen LogP contribution in [-0.4, -0.2) is 30.8 Å². The van der Waals surface area contributed by atoms with Crippen LogP contribution >= 0.6 is 0 Å². The van der Waals surface area contributed by atoms with Gasteiger partial charge in [-0.3, -0.25) is 0 Å². The molecule has 2 N–H and O–H groups in total. The first-order chi connectivity index (χ1) is 8.65. The molecule has 0 heterocycles. The van der Waals surface area contributed by atoms with Gasteiger partial charge in [0.1, 0.15) is 0 Å². The predicted octanol–water partition coefficient (Wildman–Crippen LogP) is 2.92. The molecule has 0 spiro atoms. The highest BCUT2D eigenvalue weighted by Crippen LogP contribution is 2.14. The van der Waals surface area contributed by atoms with E-state index < -0.39 is 5.97 Å². The van der Waals surface area contributed by atoms with E-state index in [0.29, 0.717) is 12.2 Å². The summed E-state index contributed by atoms with van der Waals surface area (Å²) in [7, 11) is 0. The molecule has 100 valence electrons. The largest absolute Gasteiger partial charge is 0.478 e. The fraction of sp³-hybridized carbons (Fsp3) is 0.500. The van der Waals surface area contributed by atoms with Gasteiger partial charge in [-0.1, -0.05) is 13.3 Å². The number of carboxylic acids is 1. The molecule has 18 heavy (non-hydrogen) atoms. The van der Waals surface area contributed by atoms with E-state index in [1.165, 1.54) is 0 Å². The van der Waals surface area contributed by atoms with Crippen LogP contribution in [0, 0.1) is 6.92 Å². The Balaban J connectivity index is 2.35. The average molecular weight is 251 g/mol. The van der Waals surface area contributed by atoms with Gasteiger partial charge in [0.15, 0.2) is 0 Å². The number of rotatable bonds is 8. The molecule has 0 aliphatic carbocycles. The molecular formula is C14H21NO3. The van der Waals surface area contributed by atoms with E-state index in [1.807, 2.05) is 6.07 Å². The zero-order valence-electron chi connectivity index (χ0n) is 11.0. The van der Waals surface area contributed by atoms with Crippen LogP contribution < -0.4 is 5.32 Å². The van der Waals surface area contributed by atoms with Crippen molar-refractivity contribution in [3.05, 3.63) is 29.3 Å². The van der Waals surface area contributed by atoms with Crippen molar-refractivity contribution in [1.82, 2.24) is 0 Å². The van der Waals surface area contributed by atoms with Gasteiger partial charge in [0, 0.05) is 18.8 Å². The van der Waals surface area contributed by atoms with Crippen LogP contribution in [0.15, 0.2) is 18.2 Å². The Morgan fingerprint density at radius 3 is 2.78 bits per heavy atom. The molecule has 1 rings (SSSR count). The predicted molar refractivity (Wildman–Crippen MR) is 72.4 cm³/mol. The number of hydrogen-bond donors (Lipinski definition) is 2. The summed E-state index contributed by atoms with van der Waals surface area (Å²) in [5.74, 6) is -0.887. The van der Waals surface area contributed by atoms with Crippen LogP contribution in [0.5, 0.6) is 0 Å². The lowest BCUT2D eigenvalue weighted by Crippen LogP contribution is -2.10. The van der Waals surface area contributed by atoms with Crippen molar-refractivity contribution in [2.24, 2.45) is 0 Å². The summed E-state index contributed by atoms with van der Waals surface area (Å²) in [6.45, 7) is 6.13. The lowest BCUT2D eigenvalue weighted by molar-refractivity contribution is 0.0696. The zero-order chi connectivity index (χ0) is 13.4. The summed E-state index contributed by atoms with van der Waals surface area (Å²) in [5, 5.41) is 12.1. The van der Waals surface area contributed by atoms with E-state index in [0.717, 1.165) is 37.2 Å². The summed E-state index contributed by atoms with van der Waals surface area (Å²) in [6.07, 6.45) is 2.23. The molecule has 0 aromatic heterocycles. The third kappa shape index (κ3) is 4.75. The normalized spacial score (nSPS) is 10.3. The van der Waals surface area contributed by atoms with Crippen molar-refractivity contribution in [2.45, 2.75) is 26.7 Å². The van der Waals surface area contributed by atoms with Gasteiger partial charge in [-0.15, -0.1) is 0 Å². The number of aromatic carboxylic acids is 1. The van der Waals surface area contributed by atoms with Crippen LogP contribution in [0.4, 0.5) is 5.69 Å². The number of nitrogens with one attached hydrogen (secondary N) is 1. The van der Waals surface area contributed by atoms with Crippen molar-refractivity contribution in [3.8, 4) is 0 Å². The second-order valence-corrected chi connectivity index (χ2v) is 4.23. The standard InChI is InChI=1S/C14H21NO3/c1-3-4-8-18-9-7-15-12-5-6-13(14(16)17)11(2)10-12/h5-6,10,15H,3-4,7-9H2,1-2H3,(H,16,17). The highest BCUT2D eigenvalue weighted by atomic mass is 16.5. The Bertz CT molecular complexity index is 391. The molecule has 0 bridgehead atoms. The molecule has 0 aliphatic rings. The van der Waals surface area contributed by atoms with E-state index in [9.17, 15) is 4.79 Å². The van der Waals surface area contributed by atoms with Gasteiger partial charge >= 0.3 is 5.97 Å². The van der Waals surface area contributed by atoms with Crippen molar-refractivity contribution in [1.29, 1.82) is 0 Å². The van der Waals surface area contributed by atoms with Gasteiger partial charge < -0.3 is 15.2 Å². The van der Waals surface area contributed by atoms with Crippen LogP contribution in [0.3, 0.4) is 0 Å². The molecule has 0 saturated carbocycles. The Morgan fingerprint density at radius 1 is 1.39 bits per heavy atom. The second-order valence-electron chi connectivity index (χ2n) is 4.23. The molecule has 0 amide bonds. The van der Waals surface area contributed by atoms with Crippen molar-refractivity contribution in [2.75, 3.05) is 25.1 Å². The topological polar surface area (TPSA) is 58.6 Å². The lowest BCUT2D eigenvalue weighted by atomic mass is 10.1. The van der Waals surface area contributed by atoms with E-state index in [-0.39, 0.29) is 0 Å². The summed E-state index contributed by atoms with van der Waals surface area (Å²) in [5.41, 5.74) is 2.04. The molecule has 0 radical (unpaired) electrons. The van der Waals surface area contributed by atoms with Gasteiger partial charge in [-0.05, 0) is 37.1 Å². The number of aryl methyl sites for hydroxylation is 1. The SMILES string of the molecule is CCCCOCCNc1ccc(C(=O)O)c(C)c1. The number of benzene rings is 1. The number of hydrogen-bond acceptors (Lipinski definition) is 3. The smallest absolute Gasteiger partial charge is 0.335 e. The second kappa shape index (κ2) is 7.71. The molecule has 0 atom stereocenters. The van der Waals surface area contributed by atoms with Crippen LogP contribution in [0.25, 0.3) is 0 Å². The van der Waals surface area contributed by atoms with Crippen LogP contribution in [0.1, 0.15) is 35.7 Å². The van der Waals surface area contributed by atoms with Crippen LogP contribution in [-0.2, 0) is 4.74 Å². The first kappa shape index (κ1) is 14.5. The van der Waals surface area contributed by atoms with E-state index in [1.54, 1.807) is 19.1 Å². The van der Waals surface area contributed by atoms with Crippen molar-refractivity contribution < 1.29 is 14.6 Å². The molecule has 0 fully saturated rings. The minimum atomic E-state index is -0.887. The summed E-state index contributed by atoms with van der Waals surface area (Å²) >= 11 is 0. The highest BCUT2D eigenvalue weighted by molar-refractivity contribution is 5.89. The van der Waals surface area contributed by atoms with E-state index in [4.69, 9.17) is 9.84 Å². The summed E-state index contributed by atoms with van der Waals surface area (Å²) < 4.78 is 5.43. The molecule has 1 aromatic rings. The maximum Gasteiger partial charge on any atom is 0.335 e. The van der Waals surface area contributed by atoms with Crippen LogP contribution in [0.2, 0.25) is 0 Å². The first-order valence-electron chi connectivity index (χ1n) is 6.30. The molecule has 0 saturated heterocycles. The average Bonchev–Trinajstić information content (AvgIpc) is 2.33. The molecule has 0 aliphatic heterocycles. The van der Waals surface area contributed by atoms with Gasteiger partial charge in [0.25, 0.3) is 0 Å². The summed E-state index contributed by atoms with van der Waals surface area (Å²) in [6, 6.07) is 5.25. The molecule has 4 nitrogen and oxygen atoms in total. The van der Waals surface area contributed by atoms with Gasteiger partial charge in [0.05, 0.1) is 12.2 Å². The van der Waals surface area contributed by atoms with Crippen molar-refractivity contribution >= 4 is 11.7 Å². The number of ether oxygens (including phenoxy) is 1. The minimum absolute atomic E-state index is 0.347. The molecular weight excluding hydrogens is 230 g/mol. The monoisotopic (exact) mass is 251 g/mol. The Labute approximate surface area is 108 Å². The summed E-state index contributed by atoms with van der Waals surface area (Å²) in [4.78, 5) is 10.9. The van der Waals surface area contributed by atoms with E-state index >= 15 is 0 Å². The lowest BCUT2D eigenvalue weighted by Gasteiger charge is -2.09. The number of carboxylic acid groups (broad SMARTS) is 1. The van der Waals surface area contributed by atoms with Crippen molar-refractivity contribution in [3.63, 3.8) is 0 Å². The maximum absolute atomic E-state index is 10.9. The van der Waals surface area contributed by atoms with E-state index in [2.05, 4.69) is 12.2 Å². The number of carbonyl (C=O) groups is 1. The fourth-order valence-electron chi connectivity index (χ4n) is 1.63. The Hall–Kier alpha value is -1.55. The molecule has 4 heteroatoms. The Morgan fingerprint density at radius 2 is 2.17 bits per heavy atom. The quantitative estimate of drug-likeness (QED) is 0.697. The third-order valence-electron chi connectivity index (χ3n) is 2.67. The molecule has 1 aromatic carbocycles. The van der Waals surface area contributed by atoms with Gasteiger partial charge in [0.2, 0.25) is 0 Å². The zero-order valence-corrected chi connectivity index (χ0v) is 11.0.